The summed E-state index contributed by atoms with van der Waals surface area (Å²) >= 11 is 0. The zero-order valence-electron chi connectivity index (χ0n) is 8.74. The van der Waals surface area contributed by atoms with Gasteiger partial charge < -0.3 is 5.73 Å². The Kier molecular flexibility index (Phi) is 3.12. The molecule has 0 saturated heterocycles. The Morgan fingerprint density at radius 1 is 1.44 bits per heavy atom. The van der Waals surface area contributed by atoms with Crippen LogP contribution in [-0.2, 0) is 0 Å². The van der Waals surface area contributed by atoms with Gasteiger partial charge in [0.25, 0.3) is 6.43 Å². The summed E-state index contributed by atoms with van der Waals surface area (Å²) in [6.45, 7) is 0. The quantitative estimate of drug-likeness (QED) is 0.856. The molecule has 16 heavy (non-hydrogen) atoms. The van der Waals surface area contributed by atoms with E-state index in [9.17, 15) is 8.78 Å². The van der Waals surface area contributed by atoms with Crippen molar-refractivity contribution in [3.8, 4) is 0 Å². The highest BCUT2D eigenvalue weighted by molar-refractivity contribution is 5.64. The molecule has 1 aliphatic carbocycles. The molecule has 0 unspecified atom stereocenters. The molecular weight excluding hydrogens is 212 g/mol. The standard InChI is InChI=1S/C11H13F2N3/c12-10(13)11-15-5-9(6-16-11)8(4-14)3-7-1-2-7/h4-7,10H,1-3,14H2. The highest BCUT2D eigenvalue weighted by Gasteiger charge is 2.23. The van der Waals surface area contributed by atoms with E-state index in [0.29, 0.717) is 5.92 Å². The van der Waals surface area contributed by atoms with Crippen LogP contribution in [0.5, 0.6) is 0 Å². The van der Waals surface area contributed by atoms with Gasteiger partial charge in [0.2, 0.25) is 0 Å². The van der Waals surface area contributed by atoms with Gasteiger partial charge in [0.05, 0.1) is 0 Å². The number of rotatable bonds is 4. The SMILES string of the molecule is NC=C(CC1CC1)c1cnc(C(F)F)nc1. The van der Waals surface area contributed by atoms with Gasteiger partial charge in [-0.15, -0.1) is 0 Å². The molecule has 1 saturated carbocycles. The van der Waals surface area contributed by atoms with Crippen LogP contribution in [0.1, 0.15) is 37.1 Å². The second-order valence-corrected chi connectivity index (χ2v) is 3.97. The number of hydrogen-bond acceptors (Lipinski definition) is 3. The Balaban J connectivity index is 2.12. The summed E-state index contributed by atoms with van der Waals surface area (Å²) in [4.78, 5) is 7.23. The van der Waals surface area contributed by atoms with Crippen LogP contribution in [-0.4, -0.2) is 9.97 Å². The van der Waals surface area contributed by atoms with E-state index < -0.39 is 12.2 Å². The smallest absolute Gasteiger partial charge is 0.297 e. The second-order valence-electron chi connectivity index (χ2n) is 3.97. The monoisotopic (exact) mass is 225 g/mol. The third kappa shape index (κ3) is 2.53. The van der Waals surface area contributed by atoms with Crippen LogP contribution in [0.15, 0.2) is 18.6 Å². The minimum atomic E-state index is -2.62. The summed E-state index contributed by atoms with van der Waals surface area (Å²) in [6, 6.07) is 0. The van der Waals surface area contributed by atoms with Crippen LogP contribution < -0.4 is 5.73 Å². The summed E-state index contributed by atoms with van der Waals surface area (Å²) in [7, 11) is 0. The zero-order chi connectivity index (χ0) is 11.5. The lowest BCUT2D eigenvalue weighted by Gasteiger charge is -2.05. The summed E-state index contributed by atoms with van der Waals surface area (Å²) in [5.74, 6) is 0.246. The maximum absolute atomic E-state index is 12.2. The molecule has 0 aromatic carbocycles. The Hall–Kier alpha value is -1.52. The van der Waals surface area contributed by atoms with Crippen molar-refractivity contribution in [1.29, 1.82) is 0 Å². The van der Waals surface area contributed by atoms with Crippen molar-refractivity contribution in [3.63, 3.8) is 0 Å². The Bertz CT molecular complexity index is 383. The molecule has 0 aliphatic heterocycles. The molecule has 2 N–H and O–H groups in total. The Morgan fingerprint density at radius 2 is 2.06 bits per heavy atom. The van der Waals surface area contributed by atoms with Crippen molar-refractivity contribution >= 4 is 5.57 Å². The number of alkyl halides is 2. The third-order valence-corrected chi connectivity index (χ3v) is 2.64. The van der Waals surface area contributed by atoms with Crippen LogP contribution in [0.3, 0.4) is 0 Å². The molecule has 1 fully saturated rings. The lowest BCUT2D eigenvalue weighted by Crippen LogP contribution is -1.98. The van der Waals surface area contributed by atoms with Gasteiger partial charge in [0.15, 0.2) is 5.82 Å². The number of halogens is 2. The molecule has 86 valence electrons. The predicted octanol–water partition coefficient (Wildman–Crippen LogP) is 2.51. The minimum absolute atomic E-state index is 0.438. The first-order valence-electron chi connectivity index (χ1n) is 5.22. The first-order chi connectivity index (χ1) is 7.70. The van der Waals surface area contributed by atoms with Crippen molar-refractivity contribution in [3.05, 3.63) is 30.0 Å². The van der Waals surface area contributed by atoms with Crippen molar-refractivity contribution in [2.75, 3.05) is 0 Å². The van der Waals surface area contributed by atoms with Gasteiger partial charge in [-0.2, -0.15) is 0 Å². The van der Waals surface area contributed by atoms with Crippen LogP contribution in [0, 0.1) is 5.92 Å². The Morgan fingerprint density at radius 3 is 2.50 bits per heavy atom. The van der Waals surface area contributed by atoms with Crippen molar-refractivity contribution in [2.45, 2.75) is 25.7 Å². The molecule has 0 spiro atoms. The molecule has 1 heterocycles. The van der Waals surface area contributed by atoms with Gasteiger partial charge in [-0.1, -0.05) is 0 Å². The van der Waals surface area contributed by atoms with Crippen molar-refractivity contribution in [2.24, 2.45) is 11.7 Å². The van der Waals surface area contributed by atoms with Crippen LogP contribution in [0.4, 0.5) is 8.78 Å². The van der Waals surface area contributed by atoms with E-state index in [1.54, 1.807) is 0 Å². The molecule has 0 bridgehead atoms. The number of aromatic nitrogens is 2. The van der Waals surface area contributed by atoms with E-state index in [4.69, 9.17) is 5.73 Å². The molecule has 1 aliphatic rings. The van der Waals surface area contributed by atoms with E-state index in [1.165, 1.54) is 31.4 Å². The third-order valence-electron chi connectivity index (χ3n) is 2.64. The number of allylic oxidation sites excluding steroid dienone is 1. The summed E-state index contributed by atoms with van der Waals surface area (Å²) in [5, 5.41) is 0. The minimum Gasteiger partial charge on any atom is -0.404 e. The molecule has 2 rings (SSSR count). The average Bonchev–Trinajstić information content (AvgIpc) is 3.10. The average molecular weight is 225 g/mol. The topological polar surface area (TPSA) is 51.8 Å². The number of nitrogens with two attached hydrogens (primary N) is 1. The molecule has 1 aromatic heterocycles. The lowest BCUT2D eigenvalue weighted by atomic mass is 10.0. The summed E-state index contributed by atoms with van der Waals surface area (Å²) in [6.07, 6.45) is 5.03. The fraction of sp³-hybridized carbons (Fsp3) is 0.455. The molecule has 1 aromatic rings. The van der Waals surface area contributed by atoms with Crippen LogP contribution >= 0.6 is 0 Å². The van der Waals surface area contributed by atoms with E-state index in [2.05, 4.69) is 9.97 Å². The fourth-order valence-electron chi connectivity index (χ4n) is 1.53. The highest BCUT2D eigenvalue weighted by Crippen LogP contribution is 2.37. The van der Waals surface area contributed by atoms with Gasteiger partial charge in [-0.3, -0.25) is 0 Å². The van der Waals surface area contributed by atoms with E-state index in [-0.39, 0.29) is 0 Å². The number of nitrogens with zero attached hydrogens (tertiary/aromatic N) is 2. The van der Waals surface area contributed by atoms with Gasteiger partial charge in [0.1, 0.15) is 0 Å². The molecule has 3 nitrogen and oxygen atoms in total. The first kappa shape index (κ1) is 11.0. The maximum atomic E-state index is 12.2. The van der Waals surface area contributed by atoms with Crippen molar-refractivity contribution < 1.29 is 8.78 Å². The van der Waals surface area contributed by atoms with Gasteiger partial charge in [-0.25, -0.2) is 18.7 Å². The molecule has 0 amide bonds. The predicted molar refractivity (Wildman–Crippen MR) is 56.5 cm³/mol. The van der Waals surface area contributed by atoms with Gasteiger partial charge in [-0.05, 0) is 37.0 Å². The molecule has 0 atom stereocenters. The largest absolute Gasteiger partial charge is 0.404 e. The molecule has 5 heteroatoms. The Labute approximate surface area is 92.4 Å². The van der Waals surface area contributed by atoms with E-state index >= 15 is 0 Å². The maximum Gasteiger partial charge on any atom is 0.297 e. The normalized spacial score (nSPS) is 16.8. The molecular formula is C11H13F2N3. The zero-order valence-corrected chi connectivity index (χ0v) is 8.74. The van der Waals surface area contributed by atoms with Gasteiger partial charge >= 0.3 is 0 Å². The van der Waals surface area contributed by atoms with E-state index in [1.807, 2.05) is 0 Å². The van der Waals surface area contributed by atoms with E-state index in [0.717, 1.165) is 17.6 Å². The highest BCUT2D eigenvalue weighted by atomic mass is 19.3. The van der Waals surface area contributed by atoms with Crippen LogP contribution in [0.25, 0.3) is 5.57 Å². The number of hydrogen-bond donors (Lipinski definition) is 1. The summed E-state index contributed by atoms with van der Waals surface area (Å²) in [5.41, 5.74) is 7.18. The molecule has 0 radical (unpaired) electrons. The summed E-state index contributed by atoms with van der Waals surface area (Å²) < 4.78 is 24.5. The fourth-order valence-corrected chi connectivity index (χ4v) is 1.53. The van der Waals surface area contributed by atoms with Crippen LogP contribution in [0.2, 0.25) is 0 Å². The van der Waals surface area contributed by atoms with Gasteiger partial charge in [0, 0.05) is 18.0 Å². The first-order valence-corrected chi connectivity index (χ1v) is 5.22. The second kappa shape index (κ2) is 4.55. The van der Waals surface area contributed by atoms with Crippen molar-refractivity contribution in [1.82, 2.24) is 9.97 Å². The lowest BCUT2D eigenvalue weighted by molar-refractivity contribution is 0.140.